The third-order valence-electron chi connectivity index (χ3n) is 2.12. The molecule has 0 aromatic rings. The number of rotatable bonds is 3. The summed E-state index contributed by atoms with van der Waals surface area (Å²) in [5.74, 6) is 0.108. The van der Waals surface area contributed by atoms with Gasteiger partial charge >= 0.3 is 0 Å². The summed E-state index contributed by atoms with van der Waals surface area (Å²) in [5, 5.41) is 13.8. The van der Waals surface area contributed by atoms with Crippen molar-refractivity contribution in [2.75, 3.05) is 12.8 Å². The Hall–Kier alpha value is -1.17. The molecule has 3 N–H and O–H groups in total. The second-order valence-corrected chi connectivity index (χ2v) is 4.49. The maximum Gasteiger partial charge on any atom is 0.234 e. The van der Waals surface area contributed by atoms with Crippen LogP contribution in [0.3, 0.4) is 0 Å². The second-order valence-electron chi connectivity index (χ2n) is 3.25. The van der Waals surface area contributed by atoms with Crippen LogP contribution < -0.4 is 10.6 Å². The third-order valence-corrected chi connectivity index (χ3v) is 3.43. The smallest absolute Gasteiger partial charge is 0.234 e. The summed E-state index contributed by atoms with van der Waals surface area (Å²) in [6, 6.07) is -0.400. The summed E-state index contributed by atoms with van der Waals surface area (Å²) in [4.78, 5) is 22.6. The highest BCUT2D eigenvalue weighted by Crippen LogP contribution is 2.22. The Morgan fingerprint density at radius 3 is 2.93 bits per heavy atom. The average Bonchev–Trinajstić information content (AvgIpc) is 2.20. The molecule has 0 spiro atoms. The topological polar surface area (TPSA) is 78.4 Å². The fourth-order valence-corrected chi connectivity index (χ4v) is 2.39. The van der Waals surface area contributed by atoms with E-state index in [4.69, 9.17) is 5.11 Å². The lowest BCUT2D eigenvalue weighted by Crippen LogP contribution is -2.48. The lowest BCUT2D eigenvalue weighted by molar-refractivity contribution is -0.126. The number of hydrogen-bond donors (Lipinski definition) is 3. The standard InChI is InChI=1S/C9H14N2O3S/c1-5(12)6-4-15-7(9(14)11-6)3-8(13)10-2/h6-7,12H,1,3-4H2,2H3,(H,10,13)(H,11,14). The quantitative estimate of drug-likeness (QED) is 0.586. The fourth-order valence-electron chi connectivity index (χ4n) is 1.20. The maximum absolute atomic E-state index is 11.5. The van der Waals surface area contributed by atoms with E-state index in [2.05, 4.69) is 17.2 Å². The van der Waals surface area contributed by atoms with Gasteiger partial charge in [-0.2, -0.15) is 0 Å². The van der Waals surface area contributed by atoms with E-state index in [1.54, 1.807) is 0 Å². The summed E-state index contributed by atoms with van der Waals surface area (Å²) >= 11 is 1.36. The number of amides is 2. The van der Waals surface area contributed by atoms with Crippen LogP contribution in [-0.2, 0) is 9.59 Å². The molecule has 15 heavy (non-hydrogen) atoms. The molecule has 2 atom stereocenters. The molecule has 0 radical (unpaired) electrons. The van der Waals surface area contributed by atoms with Gasteiger partial charge in [0, 0.05) is 19.2 Å². The summed E-state index contributed by atoms with van der Waals surface area (Å²) in [6.45, 7) is 3.36. The number of carbonyl (C=O) groups excluding carboxylic acids is 2. The number of hydrogen-bond acceptors (Lipinski definition) is 4. The molecule has 1 saturated heterocycles. The highest BCUT2D eigenvalue weighted by Gasteiger charge is 2.30. The van der Waals surface area contributed by atoms with Gasteiger partial charge in [0.2, 0.25) is 11.8 Å². The molecule has 1 fully saturated rings. The van der Waals surface area contributed by atoms with E-state index in [9.17, 15) is 9.59 Å². The molecule has 0 saturated carbocycles. The van der Waals surface area contributed by atoms with E-state index in [0.29, 0.717) is 5.75 Å². The first kappa shape index (κ1) is 11.9. The van der Waals surface area contributed by atoms with E-state index in [1.807, 2.05) is 0 Å². The van der Waals surface area contributed by atoms with Crippen LogP contribution in [0.15, 0.2) is 12.3 Å². The minimum absolute atomic E-state index is 0.0470. The third kappa shape index (κ3) is 3.16. The first-order chi connectivity index (χ1) is 7.04. The van der Waals surface area contributed by atoms with Crippen LogP contribution in [0.5, 0.6) is 0 Å². The predicted octanol–water partition coefficient (Wildman–Crippen LogP) is -0.206. The Balaban J connectivity index is 2.49. The van der Waals surface area contributed by atoms with Gasteiger partial charge in [-0.25, -0.2) is 0 Å². The number of thioether (sulfide) groups is 1. The highest BCUT2D eigenvalue weighted by molar-refractivity contribution is 8.00. The van der Waals surface area contributed by atoms with Gasteiger partial charge in [0.05, 0.1) is 11.3 Å². The highest BCUT2D eigenvalue weighted by atomic mass is 32.2. The monoisotopic (exact) mass is 230 g/mol. The van der Waals surface area contributed by atoms with E-state index in [0.717, 1.165) is 0 Å². The van der Waals surface area contributed by atoms with Gasteiger partial charge in [-0.3, -0.25) is 9.59 Å². The van der Waals surface area contributed by atoms with Crippen molar-refractivity contribution >= 4 is 23.6 Å². The van der Waals surface area contributed by atoms with Gasteiger partial charge in [0.25, 0.3) is 0 Å². The minimum Gasteiger partial charge on any atom is -0.511 e. The predicted molar refractivity (Wildman–Crippen MR) is 58.6 cm³/mol. The van der Waals surface area contributed by atoms with Crippen LogP contribution in [-0.4, -0.2) is 41.0 Å². The molecule has 6 heteroatoms. The van der Waals surface area contributed by atoms with Crippen LogP contribution in [0.25, 0.3) is 0 Å². The Kier molecular flexibility index (Phi) is 4.02. The SMILES string of the molecule is C=C(O)C1CSC(CC(=O)NC)C(=O)N1. The molecule has 84 valence electrons. The van der Waals surface area contributed by atoms with Crippen molar-refractivity contribution in [2.24, 2.45) is 0 Å². The number of aliphatic hydroxyl groups excluding tert-OH is 1. The fraction of sp³-hybridized carbons (Fsp3) is 0.556. The van der Waals surface area contributed by atoms with Gasteiger partial charge in [0.1, 0.15) is 5.76 Å². The van der Waals surface area contributed by atoms with Crippen molar-refractivity contribution < 1.29 is 14.7 Å². The number of aliphatic hydroxyl groups is 1. The molecule has 0 aliphatic carbocycles. The zero-order chi connectivity index (χ0) is 11.4. The first-order valence-corrected chi connectivity index (χ1v) is 5.59. The molecule has 0 aromatic heterocycles. The molecule has 1 rings (SSSR count). The molecule has 0 bridgehead atoms. The van der Waals surface area contributed by atoms with Crippen molar-refractivity contribution in [3.63, 3.8) is 0 Å². The van der Waals surface area contributed by atoms with E-state index >= 15 is 0 Å². The second kappa shape index (κ2) is 5.06. The van der Waals surface area contributed by atoms with Crippen molar-refractivity contribution in [3.8, 4) is 0 Å². The van der Waals surface area contributed by atoms with Gasteiger partial charge in [-0.1, -0.05) is 6.58 Å². The largest absolute Gasteiger partial charge is 0.511 e. The zero-order valence-electron chi connectivity index (χ0n) is 8.45. The Morgan fingerprint density at radius 1 is 1.80 bits per heavy atom. The lowest BCUT2D eigenvalue weighted by atomic mass is 10.2. The maximum atomic E-state index is 11.5. The Morgan fingerprint density at radius 2 is 2.47 bits per heavy atom. The molecular weight excluding hydrogens is 216 g/mol. The van der Waals surface area contributed by atoms with Gasteiger partial charge < -0.3 is 15.7 Å². The Labute approximate surface area is 92.3 Å². The zero-order valence-corrected chi connectivity index (χ0v) is 9.26. The van der Waals surface area contributed by atoms with Crippen LogP contribution in [0, 0.1) is 0 Å². The molecule has 5 nitrogen and oxygen atoms in total. The average molecular weight is 230 g/mol. The number of nitrogens with one attached hydrogen (secondary N) is 2. The molecule has 2 unspecified atom stereocenters. The van der Waals surface area contributed by atoms with E-state index in [-0.39, 0.29) is 29.2 Å². The van der Waals surface area contributed by atoms with Crippen LogP contribution in [0.4, 0.5) is 0 Å². The summed E-state index contributed by atoms with van der Waals surface area (Å²) in [7, 11) is 1.53. The summed E-state index contributed by atoms with van der Waals surface area (Å²) in [5.41, 5.74) is 0. The number of carbonyl (C=O) groups is 2. The van der Waals surface area contributed by atoms with Crippen molar-refractivity contribution in [3.05, 3.63) is 12.3 Å². The minimum atomic E-state index is -0.400. The van der Waals surface area contributed by atoms with Crippen molar-refractivity contribution in [1.82, 2.24) is 10.6 Å². The molecule has 1 aliphatic heterocycles. The van der Waals surface area contributed by atoms with Gasteiger partial charge in [-0.05, 0) is 0 Å². The molecular formula is C9H14N2O3S. The van der Waals surface area contributed by atoms with Crippen molar-refractivity contribution in [1.29, 1.82) is 0 Å². The lowest BCUT2D eigenvalue weighted by Gasteiger charge is -2.27. The molecule has 0 aromatic carbocycles. The Bertz CT molecular complexity index is 293. The van der Waals surface area contributed by atoms with E-state index in [1.165, 1.54) is 18.8 Å². The van der Waals surface area contributed by atoms with Gasteiger partial charge in [0.15, 0.2) is 0 Å². The van der Waals surface area contributed by atoms with Crippen molar-refractivity contribution in [2.45, 2.75) is 17.7 Å². The first-order valence-electron chi connectivity index (χ1n) is 4.55. The molecule has 1 aliphatic rings. The summed E-state index contributed by atoms with van der Waals surface area (Å²) < 4.78 is 0. The van der Waals surface area contributed by atoms with Gasteiger partial charge in [-0.15, -0.1) is 11.8 Å². The van der Waals surface area contributed by atoms with Crippen LogP contribution in [0.2, 0.25) is 0 Å². The normalized spacial score (nSPS) is 25.5. The summed E-state index contributed by atoms with van der Waals surface area (Å²) in [6.07, 6.45) is 0.164. The van der Waals surface area contributed by atoms with Crippen LogP contribution in [0.1, 0.15) is 6.42 Å². The molecule has 2 amide bonds. The molecule has 1 heterocycles. The van der Waals surface area contributed by atoms with E-state index < -0.39 is 6.04 Å². The van der Waals surface area contributed by atoms with Crippen LogP contribution >= 0.6 is 11.8 Å².